The van der Waals surface area contributed by atoms with Gasteiger partial charge in [-0.15, -0.1) is 10.2 Å². The van der Waals surface area contributed by atoms with E-state index in [1.807, 2.05) is 0 Å². The summed E-state index contributed by atoms with van der Waals surface area (Å²) >= 11 is 1.55. The molecule has 1 radical (unpaired) electrons. The summed E-state index contributed by atoms with van der Waals surface area (Å²) in [6.07, 6.45) is 5.63. The molecular formula is C16H20ClCuNO7S. The zero-order valence-corrected chi connectivity index (χ0v) is 17.5. The predicted molar refractivity (Wildman–Crippen MR) is 84.4 cm³/mol. The van der Waals surface area contributed by atoms with Gasteiger partial charge in [-0.1, -0.05) is 11.9 Å². The van der Waals surface area contributed by atoms with Crippen LogP contribution in [0.2, 0.25) is 0 Å². The number of allylic oxidation sites excluding steroid dienone is 2. The Morgan fingerprint density at radius 3 is 2.26 bits per heavy atom. The Bertz CT molecular complexity index is 679. The van der Waals surface area contributed by atoms with Crippen LogP contribution < -0.4 is 18.6 Å². The Balaban J connectivity index is 0.00000100. The molecule has 0 atom stereocenters. The van der Waals surface area contributed by atoms with Gasteiger partial charge in [-0.05, 0) is 51.2 Å². The molecule has 1 aliphatic carbocycles. The Morgan fingerprint density at radius 2 is 1.74 bits per heavy atom. The van der Waals surface area contributed by atoms with E-state index >= 15 is 0 Å². The molecule has 0 N–H and O–H groups in total. The van der Waals surface area contributed by atoms with Crippen LogP contribution in [0, 0.1) is 10.2 Å². The number of nitrogens with zero attached hydrogens (tertiary/aromatic N) is 1. The van der Waals surface area contributed by atoms with Gasteiger partial charge in [0.15, 0.2) is 5.78 Å². The van der Waals surface area contributed by atoms with E-state index < -0.39 is 10.2 Å². The molecule has 0 unspecified atom stereocenters. The quantitative estimate of drug-likeness (QED) is 0.322. The van der Waals surface area contributed by atoms with Gasteiger partial charge in [-0.25, -0.2) is 23.4 Å². The number of esters is 1. The van der Waals surface area contributed by atoms with Crippen LogP contribution in [0.3, 0.4) is 0 Å². The van der Waals surface area contributed by atoms with Gasteiger partial charge in [0.1, 0.15) is 0 Å². The molecule has 0 saturated heterocycles. The molecule has 0 aliphatic heterocycles. The van der Waals surface area contributed by atoms with Crippen molar-refractivity contribution in [3.63, 3.8) is 0 Å². The molecule has 11 heteroatoms. The molecule has 0 amide bonds. The second-order valence-corrected chi connectivity index (χ2v) is 7.34. The fourth-order valence-corrected chi connectivity index (χ4v) is 3.84. The molecule has 0 spiro atoms. The summed E-state index contributed by atoms with van der Waals surface area (Å²) in [5.74, 6) is -0.346. The van der Waals surface area contributed by atoms with Gasteiger partial charge in [-0.3, -0.25) is 4.79 Å². The summed E-state index contributed by atoms with van der Waals surface area (Å²) < 4.78 is 39.1. The van der Waals surface area contributed by atoms with Crippen LogP contribution >= 0.6 is 11.3 Å². The third kappa shape index (κ3) is 9.68. The van der Waals surface area contributed by atoms with Gasteiger partial charge < -0.3 is 10.1 Å². The van der Waals surface area contributed by atoms with E-state index in [4.69, 9.17) is 23.4 Å². The van der Waals surface area contributed by atoms with E-state index in [1.165, 1.54) is 17.9 Å². The van der Waals surface area contributed by atoms with Crippen LogP contribution in [-0.2, 0) is 39.4 Å². The topological polar surface area (TPSA) is 150 Å². The van der Waals surface area contributed by atoms with Crippen LogP contribution in [0.5, 0.6) is 0 Å². The van der Waals surface area contributed by atoms with Crippen LogP contribution in [-0.4, -0.2) is 18.4 Å². The second kappa shape index (κ2) is 11.8. The van der Waals surface area contributed by atoms with E-state index in [9.17, 15) is 9.59 Å². The molecule has 1 heterocycles. The Hall–Kier alpha value is -0.971. The van der Waals surface area contributed by atoms with Gasteiger partial charge in [0.05, 0.1) is 12.2 Å². The number of hydrogen-bond acceptors (Lipinski definition) is 8. The van der Waals surface area contributed by atoms with Crippen molar-refractivity contribution >= 4 is 28.1 Å². The molecule has 1 aromatic rings. The average Bonchev–Trinajstić information content (AvgIpc) is 2.82. The van der Waals surface area contributed by atoms with Crippen LogP contribution in [0.25, 0.3) is 5.32 Å². The molecular weight excluding hydrogens is 449 g/mol. The zero-order chi connectivity index (χ0) is 19.9. The van der Waals surface area contributed by atoms with E-state index in [0.717, 1.165) is 31.2 Å². The van der Waals surface area contributed by atoms with Crippen molar-refractivity contribution in [3.8, 4) is 0 Å². The van der Waals surface area contributed by atoms with Gasteiger partial charge >= 0.3 is 23.0 Å². The Kier molecular flexibility index (Phi) is 11.4. The van der Waals surface area contributed by atoms with E-state index in [-0.39, 0.29) is 28.8 Å². The smallest absolute Gasteiger partial charge is 0.652 e. The number of hydrogen-bond donors (Lipinski definition) is 0. The molecule has 0 bridgehead atoms. The first kappa shape index (κ1) is 26.0. The minimum atomic E-state index is -4.94. The summed E-state index contributed by atoms with van der Waals surface area (Å²) in [6, 6.07) is 0. The fourth-order valence-electron chi connectivity index (χ4n) is 2.53. The van der Waals surface area contributed by atoms with Crippen LogP contribution in [0.4, 0.5) is 5.00 Å². The standard InChI is InChI=1S/C16H21NO3S.ClHO4.Cu/c1-4-20-16(19)14-12-7-5-6-8-13(12)21-15(14)17-10(2)9-11(3)18;2-1(3,4)5;/h9H,4-8H2,1-3H3,(H,17,18,19);(H,2,3,4,5);/q;;+2/p-2. The average molecular weight is 469 g/mol. The van der Waals surface area contributed by atoms with Crippen molar-refractivity contribution in [2.24, 2.45) is 0 Å². The van der Waals surface area contributed by atoms with Crippen molar-refractivity contribution in [2.75, 3.05) is 6.61 Å². The number of fused-ring (bicyclic) bond motifs is 1. The van der Waals surface area contributed by atoms with Crippen LogP contribution in [0.15, 0.2) is 11.8 Å². The number of thiophene rings is 1. The molecule has 0 saturated carbocycles. The van der Waals surface area contributed by atoms with Crippen molar-refractivity contribution in [2.45, 2.75) is 46.5 Å². The number of carbonyl (C=O) groups is 2. The first-order valence-electron chi connectivity index (χ1n) is 7.87. The number of ketones is 1. The third-order valence-electron chi connectivity index (χ3n) is 3.32. The summed E-state index contributed by atoms with van der Waals surface area (Å²) in [5, 5.41) is 5.14. The maximum absolute atomic E-state index is 12.2. The van der Waals surface area contributed by atoms with Crippen molar-refractivity contribution in [3.05, 3.63) is 33.1 Å². The zero-order valence-electron chi connectivity index (χ0n) is 15.0. The molecule has 27 heavy (non-hydrogen) atoms. The summed E-state index contributed by atoms with van der Waals surface area (Å²) in [7, 11) is -4.94. The molecule has 2 rings (SSSR count). The first-order chi connectivity index (χ1) is 12.0. The molecule has 155 valence electrons. The van der Waals surface area contributed by atoms with Crippen molar-refractivity contribution in [1.82, 2.24) is 0 Å². The largest absolute Gasteiger partial charge is 2.00 e. The maximum Gasteiger partial charge on any atom is 2.00 e. The normalized spacial score (nSPS) is 13.5. The van der Waals surface area contributed by atoms with Gasteiger partial charge in [0.2, 0.25) is 0 Å². The minimum absolute atomic E-state index is 0. The van der Waals surface area contributed by atoms with Crippen LogP contribution in [0.1, 0.15) is 54.4 Å². The van der Waals surface area contributed by atoms with E-state index in [2.05, 4.69) is 5.32 Å². The van der Waals surface area contributed by atoms with Crippen molar-refractivity contribution < 1.29 is 60.3 Å². The molecule has 0 fully saturated rings. The predicted octanol–water partition coefficient (Wildman–Crippen LogP) is -0.457. The number of carbonyl (C=O) groups excluding carboxylic acids is 2. The van der Waals surface area contributed by atoms with Crippen molar-refractivity contribution in [1.29, 1.82) is 0 Å². The molecule has 1 aliphatic rings. The van der Waals surface area contributed by atoms with Gasteiger partial charge in [-0.2, -0.15) is 17.0 Å². The number of halogens is 1. The minimum Gasteiger partial charge on any atom is -0.652 e. The second-order valence-electron chi connectivity index (χ2n) is 5.50. The summed E-state index contributed by atoms with van der Waals surface area (Å²) in [5.41, 5.74) is 2.32. The van der Waals surface area contributed by atoms with Gasteiger partial charge in [0.25, 0.3) is 0 Å². The van der Waals surface area contributed by atoms with Gasteiger partial charge in [0, 0.05) is 4.88 Å². The molecule has 0 aromatic carbocycles. The number of aryl methyl sites for hydroxylation is 1. The maximum atomic E-state index is 12.2. The monoisotopic (exact) mass is 468 g/mol. The Morgan fingerprint density at radius 1 is 1.19 bits per heavy atom. The SMILES string of the molecule is CCOC(=O)c1c([N-]/C(C)=C\C(C)=O)sc2c1CCCC2.[Cu+2].[O-][Cl+3]([O-])([O-])[O-]. The third-order valence-corrected chi connectivity index (χ3v) is 4.51. The van der Waals surface area contributed by atoms with E-state index in [1.54, 1.807) is 25.2 Å². The summed E-state index contributed by atoms with van der Waals surface area (Å²) in [6.45, 7) is 5.42. The van der Waals surface area contributed by atoms with E-state index in [0.29, 0.717) is 22.9 Å². The fraction of sp³-hybridized carbons (Fsp3) is 0.500. The Labute approximate surface area is 174 Å². The summed E-state index contributed by atoms with van der Waals surface area (Å²) in [4.78, 5) is 24.6. The number of rotatable bonds is 5. The first-order valence-corrected chi connectivity index (χ1v) is 9.92. The molecule has 1 aromatic heterocycles. The molecule has 8 nitrogen and oxygen atoms in total. The number of ether oxygens (including phenoxy) is 1.